The molecular weight excluding hydrogens is 138 g/mol. The molecule has 0 rings (SSSR count). The third-order valence-electron chi connectivity index (χ3n) is 1.69. The summed E-state index contributed by atoms with van der Waals surface area (Å²) in [6, 6.07) is 0. The Hall–Kier alpha value is -0.700. The van der Waals surface area contributed by atoms with Crippen molar-refractivity contribution in [2.24, 2.45) is 11.6 Å². The van der Waals surface area contributed by atoms with Crippen molar-refractivity contribution in [1.82, 2.24) is 5.43 Å². The molecule has 0 aromatic rings. The summed E-state index contributed by atoms with van der Waals surface area (Å²) in [4.78, 5) is 0. The van der Waals surface area contributed by atoms with Crippen LogP contribution in [0.3, 0.4) is 0 Å². The van der Waals surface area contributed by atoms with E-state index in [9.17, 15) is 0 Å². The van der Waals surface area contributed by atoms with Gasteiger partial charge in [-0.25, -0.2) is 0 Å². The Kier molecular flexibility index (Phi) is 6.94. The van der Waals surface area contributed by atoms with Gasteiger partial charge in [0.2, 0.25) is 0 Å². The number of allylic oxidation sites excluding steroid dienone is 1. The molecule has 0 aliphatic carbocycles. The first-order valence-corrected chi connectivity index (χ1v) is 4.22. The van der Waals surface area contributed by atoms with Crippen molar-refractivity contribution < 1.29 is 0 Å². The molecule has 0 saturated heterocycles. The Balaban J connectivity index is 3.22. The lowest BCUT2D eigenvalue weighted by molar-refractivity contribution is 0.642. The van der Waals surface area contributed by atoms with Crippen molar-refractivity contribution in [1.29, 1.82) is 0 Å². The minimum absolute atomic E-state index is 0.932. The average Bonchev–Trinajstić information content (AvgIpc) is 2.05. The lowest BCUT2D eigenvalue weighted by Crippen LogP contribution is -2.21. The second-order valence-electron chi connectivity index (χ2n) is 2.65. The fourth-order valence-electron chi connectivity index (χ4n) is 0.946. The minimum Gasteiger partial charge on any atom is -0.403 e. The summed E-state index contributed by atoms with van der Waals surface area (Å²) in [5, 5.41) is 0. The highest BCUT2D eigenvalue weighted by atomic mass is 15.2. The zero-order valence-electron chi connectivity index (χ0n) is 7.27. The van der Waals surface area contributed by atoms with Crippen LogP contribution in [0.1, 0.15) is 39.0 Å². The number of hydrogen-bond donors (Lipinski definition) is 3. The largest absolute Gasteiger partial charge is 0.403 e. The van der Waals surface area contributed by atoms with E-state index in [4.69, 9.17) is 11.6 Å². The van der Waals surface area contributed by atoms with Crippen LogP contribution in [0.4, 0.5) is 0 Å². The van der Waals surface area contributed by atoms with E-state index in [1.165, 1.54) is 31.9 Å². The Morgan fingerprint density at radius 2 is 2.09 bits per heavy atom. The Labute approximate surface area is 68.8 Å². The molecule has 0 aliphatic heterocycles. The number of hydrazine groups is 1. The highest BCUT2D eigenvalue weighted by molar-refractivity contribution is 4.94. The number of hydrogen-bond acceptors (Lipinski definition) is 3. The SMILES string of the molecule is CCCCCC/C(=C/N)NN. The molecule has 66 valence electrons. The van der Waals surface area contributed by atoms with Crippen LogP contribution in [0.25, 0.3) is 0 Å². The lowest BCUT2D eigenvalue weighted by atomic mass is 10.1. The zero-order valence-corrected chi connectivity index (χ0v) is 7.27. The third kappa shape index (κ3) is 5.73. The van der Waals surface area contributed by atoms with Gasteiger partial charge in [0.1, 0.15) is 0 Å². The van der Waals surface area contributed by atoms with Gasteiger partial charge in [-0.15, -0.1) is 0 Å². The molecule has 5 N–H and O–H groups in total. The molecule has 0 unspecified atom stereocenters. The lowest BCUT2D eigenvalue weighted by Gasteiger charge is -2.03. The van der Waals surface area contributed by atoms with Gasteiger partial charge in [-0.05, 0) is 12.8 Å². The van der Waals surface area contributed by atoms with Crippen molar-refractivity contribution >= 4 is 0 Å². The molecule has 0 spiro atoms. The maximum Gasteiger partial charge on any atom is 0.0413 e. The number of nitrogens with two attached hydrogens (primary N) is 2. The van der Waals surface area contributed by atoms with Crippen molar-refractivity contribution in [3.63, 3.8) is 0 Å². The van der Waals surface area contributed by atoms with E-state index in [-0.39, 0.29) is 0 Å². The molecule has 0 radical (unpaired) electrons. The van der Waals surface area contributed by atoms with Crippen LogP contribution in [0.15, 0.2) is 11.9 Å². The average molecular weight is 157 g/mol. The quantitative estimate of drug-likeness (QED) is 0.308. The van der Waals surface area contributed by atoms with Gasteiger partial charge < -0.3 is 11.2 Å². The van der Waals surface area contributed by atoms with Crippen LogP contribution in [0.5, 0.6) is 0 Å². The molecule has 0 aromatic heterocycles. The van der Waals surface area contributed by atoms with Crippen molar-refractivity contribution in [2.75, 3.05) is 0 Å². The highest BCUT2D eigenvalue weighted by Gasteiger charge is 1.92. The summed E-state index contributed by atoms with van der Waals surface area (Å²) in [5.41, 5.74) is 8.79. The van der Waals surface area contributed by atoms with Gasteiger partial charge in [0.25, 0.3) is 0 Å². The topological polar surface area (TPSA) is 64.1 Å². The molecule has 0 aromatic carbocycles. The molecule has 11 heavy (non-hydrogen) atoms. The minimum atomic E-state index is 0.932. The van der Waals surface area contributed by atoms with Crippen LogP contribution in [-0.4, -0.2) is 0 Å². The maximum absolute atomic E-state index is 5.29. The fourth-order valence-corrected chi connectivity index (χ4v) is 0.946. The van der Waals surface area contributed by atoms with Crippen molar-refractivity contribution in [3.05, 3.63) is 11.9 Å². The van der Waals surface area contributed by atoms with Gasteiger partial charge in [-0.2, -0.15) is 0 Å². The van der Waals surface area contributed by atoms with E-state index in [0.717, 1.165) is 12.1 Å². The molecule has 0 saturated carbocycles. The van der Waals surface area contributed by atoms with E-state index >= 15 is 0 Å². The summed E-state index contributed by atoms with van der Waals surface area (Å²) in [7, 11) is 0. The van der Waals surface area contributed by atoms with E-state index in [1.54, 1.807) is 0 Å². The van der Waals surface area contributed by atoms with Crippen LogP contribution in [0.2, 0.25) is 0 Å². The Morgan fingerprint density at radius 3 is 2.55 bits per heavy atom. The molecule has 0 heterocycles. The second-order valence-corrected chi connectivity index (χ2v) is 2.65. The van der Waals surface area contributed by atoms with Crippen LogP contribution in [-0.2, 0) is 0 Å². The smallest absolute Gasteiger partial charge is 0.0413 e. The monoisotopic (exact) mass is 157 g/mol. The summed E-state index contributed by atoms with van der Waals surface area (Å²) < 4.78 is 0. The molecule has 3 heteroatoms. The zero-order chi connectivity index (χ0) is 8.53. The summed E-state index contributed by atoms with van der Waals surface area (Å²) in [6.07, 6.45) is 7.48. The van der Waals surface area contributed by atoms with Crippen molar-refractivity contribution in [3.8, 4) is 0 Å². The summed E-state index contributed by atoms with van der Waals surface area (Å²) in [6.45, 7) is 2.20. The highest BCUT2D eigenvalue weighted by Crippen LogP contribution is 2.05. The summed E-state index contributed by atoms with van der Waals surface area (Å²) in [5.74, 6) is 5.20. The molecule has 0 bridgehead atoms. The third-order valence-corrected chi connectivity index (χ3v) is 1.69. The van der Waals surface area contributed by atoms with Crippen LogP contribution < -0.4 is 17.0 Å². The van der Waals surface area contributed by atoms with Gasteiger partial charge in [0.15, 0.2) is 0 Å². The second kappa shape index (κ2) is 7.41. The maximum atomic E-state index is 5.29. The molecule has 0 aliphatic rings. The van der Waals surface area contributed by atoms with Gasteiger partial charge >= 0.3 is 0 Å². The van der Waals surface area contributed by atoms with E-state index in [2.05, 4.69) is 12.3 Å². The van der Waals surface area contributed by atoms with Gasteiger partial charge in [0, 0.05) is 11.9 Å². The van der Waals surface area contributed by atoms with Crippen LogP contribution in [0, 0.1) is 0 Å². The fraction of sp³-hybridized carbons (Fsp3) is 0.750. The van der Waals surface area contributed by atoms with E-state index in [1.807, 2.05) is 0 Å². The normalized spacial score (nSPS) is 11.6. The Bertz CT molecular complexity index is 110. The molecule has 3 nitrogen and oxygen atoms in total. The standard InChI is InChI=1S/C8H19N3/c1-2-3-4-5-6-8(7-9)11-10/h7,11H,2-6,9-10H2,1H3/b8-7-. The number of unbranched alkanes of at least 4 members (excludes halogenated alkanes) is 3. The first kappa shape index (κ1) is 10.3. The Morgan fingerprint density at radius 1 is 1.36 bits per heavy atom. The van der Waals surface area contributed by atoms with Gasteiger partial charge in [0.05, 0.1) is 0 Å². The molecule has 0 atom stereocenters. The van der Waals surface area contributed by atoms with Crippen LogP contribution >= 0.6 is 0 Å². The molecular formula is C8H19N3. The van der Waals surface area contributed by atoms with E-state index in [0.29, 0.717) is 0 Å². The summed E-state index contributed by atoms with van der Waals surface area (Å²) >= 11 is 0. The van der Waals surface area contributed by atoms with E-state index < -0.39 is 0 Å². The first-order valence-electron chi connectivity index (χ1n) is 4.22. The van der Waals surface area contributed by atoms with Gasteiger partial charge in [-0.3, -0.25) is 5.84 Å². The molecule has 0 amide bonds. The van der Waals surface area contributed by atoms with Crippen molar-refractivity contribution in [2.45, 2.75) is 39.0 Å². The predicted octanol–water partition coefficient (Wildman–Crippen LogP) is 1.22. The van der Waals surface area contributed by atoms with Gasteiger partial charge in [-0.1, -0.05) is 26.2 Å². The predicted molar refractivity (Wildman–Crippen MR) is 48.4 cm³/mol. The molecule has 0 fully saturated rings. The number of nitrogens with one attached hydrogen (secondary N) is 1. The number of rotatable bonds is 6. The first-order chi connectivity index (χ1) is 5.35.